The molecule has 0 spiro atoms. The molecular formula is C12H21NOS. The van der Waals surface area contributed by atoms with Gasteiger partial charge in [-0.2, -0.15) is 0 Å². The van der Waals surface area contributed by atoms with Crippen molar-refractivity contribution >= 4 is 11.3 Å². The summed E-state index contributed by atoms with van der Waals surface area (Å²) in [4.78, 5) is 1.26. The van der Waals surface area contributed by atoms with Crippen LogP contribution in [0.25, 0.3) is 0 Å². The molecule has 0 aliphatic carbocycles. The van der Waals surface area contributed by atoms with Crippen LogP contribution < -0.4 is 5.32 Å². The summed E-state index contributed by atoms with van der Waals surface area (Å²) >= 11 is 1.71. The van der Waals surface area contributed by atoms with Crippen molar-refractivity contribution in [3.05, 3.63) is 22.4 Å². The Morgan fingerprint density at radius 3 is 2.87 bits per heavy atom. The molecule has 2 nitrogen and oxygen atoms in total. The van der Waals surface area contributed by atoms with Crippen LogP contribution in [0.5, 0.6) is 0 Å². The Kier molecular flexibility index (Phi) is 5.29. The zero-order valence-electron chi connectivity index (χ0n) is 9.62. The van der Waals surface area contributed by atoms with Crippen molar-refractivity contribution in [1.29, 1.82) is 0 Å². The van der Waals surface area contributed by atoms with E-state index in [0.29, 0.717) is 0 Å². The van der Waals surface area contributed by atoms with Crippen LogP contribution in [0, 0.1) is 0 Å². The van der Waals surface area contributed by atoms with Gasteiger partial charge in [0.2, 0.25) is 0 Å². The van der Waals surface area contributed by atoms with Gasteiger partial charge >= 0.3 is 0 Å². The molecule has 1 unspecified atom stereocenters. The van der Waals surface area contributed by atoms with Gasteiger partial charge in [0, 0.05) is 11.3 Å². The van der Waals surface area contributed by atoms with Crippen LogP contribution in [-0.2, 0) is 6.42 Å². The molecule has 0 aliphatic heterocycles. The fourth-order valence-corrected chi connectivity index (χ4v) is 2.42. The first-order chi connectivity index (χ1) is 7.14. The van der Waals surface area contributed by atoms with E-state index in [9.17, 15) is 5.11 Å². The maximum atomic E-state index is 10.2. The largest absolute Gasteiger partial charge is 0.390 e. The van der Waals surface area contributed by atoms with Gasteiger partial charge in [0.05, 0.1) is 5.60 Å². The summed E-state index contributed by atoms with van der Waals surface area (Å²) in [7, 11) is 0. The molecule has 0 aromatic carbocycles. The third-order valence-corrected chi connectivity index (χ3v) is 3.28. The minimum Gasteiger partial charge on any atom is -0.390 e. The van der Waals surface area contributed by atoms with Crippen molar-refractivity contribution in [3.8, 4) is 0 Å². The molecule has 0 saturated heterocycles. The van der Waals surface area contributed by atoms with Crippen LogP contribution in [0.1, 0.15) is 31.6 Å². The van der Waals surface area contributed by atoms with Crippen molar-refractivity contribution < 1.29 is 5.11 Å². The summed E-state index contributed by atoms with van der Waals surface area (Å²) in [6, 6.07) is 4.12. The lowest BCUT2D eigenvalue weighted by Gasteiger charge is -2.22. The van der Waals surface area contributed by atoms with Crippen LogP contribution in [-0.4, -0.2) is 23.8 Å². The highest BCUT2D eigenvalue weighted by Gasteiger charge is 2.20. The van der Waals surface area contributed by atoms with E-state index in [1.54, 1.807) is 11.3 Å². The molecule has 1 aromatic heterocycles. The summed E-state index contributed by atoms with van der Waals surface area (Å²) in [5.41, 5.74) is -0.578. The molecule has 2 N–H and O–H groups in total. The summed E-state index contributed by atoms with van der Waals surface area (Å²) in [5, 5.41) is 15.5. The van der Waals surface area contributed by atoms with Gasteiger partial charge in [-0.15, -0.1) is 11.3 Å². The zero-order chi connectivity index (χ0) is 11.1. The second-order valence-corrected chi connectivity index (χ2v) is 5.29. The molecular weight excluding hydrogens is 206 g/mol. The second-order valence-electron chi connectivity index (χ2n) is 4.25. The Morgan fingerprint density at radius 1 is 1.47 bits per heavy atom. The summed E-state index contributed by atoms with van der Waals surface area (Å²) in [6.45, 7) is 6.00. The molecule has 3 heteroatoms. The van der Waals surface area contributed by atoms with Crippen molar-refractivity contribution in [2.24, 2.45) is 0 Å². The van der Waals surface area contributed by atoms with Crippen LogP contribution >= 0.6 is 11.3 Å². The number of nitrogens with one attached hydrogen (secondary N) is 1. The highest BCUT2D eigenvalue weighted by Crippen LogP contribution is 2.19. The van der Waals surface area contributed by atoms with Crippen LogP contribution in [0.3, 0.4) is 0 Å². The van der Waals surface area contributed by atoms with Crippen LogP contribution in [0.2, 0.25) is 0 Å². The quantitative estimate of drug-likeness (QED) is 0.701. The molecule has 1 rings (SSSR count). The Morgan fingerprint density at radius 2 is 2.27 bits per heavy atom. The van der Waals surface area contributed by atoms with E-state index < -0.39 is 5.60 Å². The number of thiophene rings is 1. The molecule has 0 radical (unpaired) electrons. The predicted molar refractivity (Wildman–Crippen MR) is 66.4 cm³/mol. The Hall–Kier alpha value is -0.380. The molecule has 1 atom stereocenters. The highest BCUT2D eigenvalue weighted by molar-refractivity contribution is 7.09. The molecule has 15 heavy (non-hydrogen) atoms. The van der Waals surface area contributed by atoms with Crippen molar-refractivity contribution in [3.63, 3.8) is 0 Å². The fourth-order valence-electron chi connectivity index (χ4n) is 1.54. The van der Waals surface area contributed by atoms with Crippen molar-refractivity contribution in [2.75, 3.05) is 13.1 Å². The lowest BCUT2D eigenvalue weighted by Crippen LogP contribution is -2.32. The zero-order valence-corrected chi connectivity index (χ0v) is 10.4. The lowest BCUT2D eigenvalue weighted by atomic mass is 9.97. The minimum atomic E-state index is -0.578. The number of hydrogen-bond donors (Lipinski definition) is 2. The lowest BCUT2D eigenvalue weighted by molar-refractivity contribution is 0.0524. The van der Waals surface area contributed by atoms with Gasteiger partial charge in [-0.1, -0.05) is 13.0 Å². The topological polar surface area (TPSA) is 32.3 Å². The summed E-state index contributed by atoms with van der Waals surface area (Å²) in [5.74, 6) is 0. The average molecular weight is 227 g/mol. The normalized spacial score (nSPS) is 15.1. The first-order valence-electron chi connectivity index (χ1n) is 5.59. The fraction of sp³-hybridized carbons (Fsp3) is 0.667. The third kappa shape index (κ3) is 5.30. The number of aliphatic hydroxyl groups is 1. The highest BCUT2D eigenvalue weighted by atomic mass is 32.1. The first kappa shape index (κ1) is 12.7. The van der Waals surface area contributed by atoms with E-state index in [1.807, 2.05) is 13.0 Å². The molecule has 86 valence electrons. The smallest absolute Gasteiger partial charge is 0.0679 e. The Bertz CT molecular complexity index is 257. The van der Waals surface area contributed by atoms with Gasteiger partial charge in [0.15, 0.2) is 0 Å². The van der Waals surface area contributed by atoms with Crippen LogP contribution in [0.15, 0.2) is 17.5 Å². The molecule has 0 fully saturated rings. The standard InChI is InChI=1S/C12H21NOS/c1-3-7-13-8-6-12(2,14)10-11-5-4-9-15-11/h4-5,9,13-14H,3,6-8,10H2,1-2H3. The monoisotopic (exact) mass is 227 g/mol. The average Bonchev–Trinajstić information content (AvgIpc) is 2.64. The summed E-state index contributed by atoms with van der Waals surface area (Å²) < 4.78 is 0. The van der Waals surface area contributed by atoms with E-state index >= 15 is 0 Å². The van der Waals surface area contributed by atoms with E-state index in [2.05, 4.69) is 23.7 Å². The van der Waals surface area contributed by atoms with Crippen molar-refractivity contribution in [2.45, 2.75) is 38.7 Å². The molecule has 1 heterocycles. The number of hydrogen-bond acceptors (Lipinski definition) is 3. The van der Waals surface area contributed by atoms with Gasteiger partial charge < -0.3 is 10.4 Å². The van der Waals surface area contributed by atoms with E-state index in [4.69, 9.17) is 0 Å². The van der Waals surface area contributed by atoms with E-state index in [-0.39, 0.29) is 0 Å². The Labute approximate surface area is 96.3 Å². The minimum absolute atomic E-state index is 0.578. The van der Waals surface area contributed by atoms with Crippen LogP contribution in [0.4, 0.5) is 0 Å². The third-order valence-electron chi connectivity index (χ3n) is 2.40. The molecule has 0 aliphatic rings. The van der Waals surface area contributed by atoms with Gasteiger partial charge in [0.1, 0.15) is 0 Å². The molecule has 0 saturated carbocycles. The molecule has 0 amide bonds. The predicted octanol–water partition coefficient (Wildman–Crippen LogP) is 2.43. The second kappa shape index (κ2) is 6.26. The first-order valence-corrected chi connectivity index (χ1v) is 6.47. The Balaban J connectivity index is 2.25. The van der Waals surface area contributed by atoms with Gasteiger partial charge in [-0.3, -0.25) is 0 Å². The van der Waals surface area contributed by atoms with E-state index in [0.717, 1.165) is 32.4 Å². The van der Waals surface area contributed by atoms with Gasteiger partial charge in [0.25, 0.3) is 0 Å². The van der Waals surface area contributed by atoms with Gasteiger partial charge in [-0.25, -0.2) is 0 Å². The maximum Gasteiger partial charge on any atom is 0.0679 e. The maximum absolute atomic E-state index is 10.2. The summed E-state index contributed by atoms with van der Waals surface area (Å²) in [6.07, 6.45) is 2.72. The van der Waals surface area contributed by atoms with Crippen molar-refractivity contribution in [1.82, 2.24) is 5.32 Å². The SMILES string of the molecule is CCCNCCC(C)(O)Cc1cccs1. The molecule has 0 bridgehead atoms. The molecule has 1 aromatic rings. The van der Waals surface area contributed by atoms with Gasteiger partial charge in [-0.05, 0) is 44.3 Å². The number of rotatable bonds is 7. The van der Waals surface area contributed by atoms with E-state index in [1.165, 1.54) is 4.88 Å².